The highest BCUT2D eigenvalue weighted by Gasteiger charge is 2.16. The van der Waals surface area contributed by atoms with Crippen molar-refractivity contribution in [2.75, 3.05) is 18.5 Å². The predicted octanol–water partition coefficient (Wildman–Crippen LogP) is 1.89. The number of nitrogens with zero attached hydrogens (tertiary/aromatic N) is 1. The summed E-state index contributed by atoms with van der Waals surface area (Å²) in [5.74, 6) is -0.137. The topological polar surface area (TPSA) is 80.3 Å². The van der Waals surface area contributed by atoms with Crippen LogP contribution in [-0.2, 0) is 9.53 Å². The molecule has 1 atom stereocenters. The first kappa shape index (κ1) is 16.4. The molecule has 0 aliphatic carbocycles. The van der Waals surface area contributed by atoms with Gasteiger partial charge in [-0.1, -0.05) is 13.8 Å². The van der Waals surface area contributed by atoms with Crippen LogP contribution in [0.5, 0.6) is 0 Å². The Bertz CT molecular complexity index is 459. The zero-order valence-electron chi connectivity index (χ0n) is 12.2. The second-order valence-corrected chi connectivity index (χ2v) is 5.62. The largest absolute Gasteiger partial charge is 0.461 e. The Morgan fingerprint density at radius 1 is 1.40 bits per heavy atom. The van der Waals surface area contributed by atoms with Gasteiger partial charge in [0.15, 0.2) is 10.8 Å². The van der Waals surface area contributed by atoms with E-state index in [0.717, 1.165) is 0 Å². The van der Waals surface area contributed by atoms with Crippen molar-refractivity contribution in [1.82, 2.24) is 10.3 Å². The summed E-state index contributed by atoms with van der Waals surface area (Å²) in [6.45, 7) is 8.51. The molecule has 0 aliphatic heterocycles. The van der Waals surface area contributed by atoms with E-state index in [2.05, 4.69) is 15.6 Å². The van der Waals surface area contributed by atoms with Crippen LogP contribution in [0.4, 0.5) is 5.13 Å². The molecule has 0 fully saturated rings. The third-order valence-corrected chi connectivity index (χ3v) is 3.18. The number of carbonyl (C=O) groups excluding carboxylic acids is 2. The van der Waals surface area contributed by atoms with E-state index in [-0.39, 0.29) is 11.6 Å². The van der Waals surface area contributed by atoms with Crippen molar-refractivity contribution in [3.8, 4) is 0 Å². The van der Waals surface area contributed by atoms with E-state index in [1.807, 2.05) is 13.8 Å². The summed E-state index contributed by atoms with van der Waals surface area (Å²) in [6.07, 6.45) is 0. The van der Waals surface area contributed by atoms with Crippen LogP contribution in [0.25, 0.3) is 0 Å². The summed E-state index contributed by atoms with van der Waals surface area (Å²) in [6, 6.07) is -0.407. The first-order chi connectivity index (χ1) is 9.43. The van der Waals surface area contributed by atoms with Gasteiger partial charge in [-0.2, -0.15) is 0 Å². The Hall–Kier alpha value is -1.63. The number of ether oxygens (including phenoxy) is 1. The molecule has 1 aromatic heterocycles. The number of esters is 1. The van der Waals surface area contributed by atoms with E-state index >= 15 is 0 Å². The number of hydrogen-bond donors (Lipinski definition) is 2. The number of thiazole rings is 1. The maximum absolute atomic E-state index is 11.8. The third kappa shape index (κ3) is 5.16. The highest BCUT2D eigenvalue weighted by atomic mass is 32.1. The molecule has 0 saturated heterocycles. The molecule has 0 saturated carbocycles. The first-order valence-electron chi connectivity index (χ1n) is 6.61. The monoisotopic (exact) mass is 299 g/mol. The van der Waals surface area contributed by atoms with Crippen molar-refractivity contribution < 1.29 is 14.3 Å². The van der Waals surface area contributed by atoms with Gasteiger partial charge in [0.25, 0.3) is 0 Å². The number of nitrogens with one attached hydrogen (secondary N) is 2. The molecule has 0 aromatic carbocycles. The lowest BCUT2D eigenvalue weighted by Gasteiger charge is -2.14. The number of anilines is 1. The molecule has 6 nitrogen and oxygen atoms in total. The van der Waals surface area contributed by atoms with E-state index in [1.54, 1.807) is 19.2 Å². The summed E-state index contributed by atoms with van der Waals surface area (Å²) in [4.78, 5) is 27.4. The molecule has 1 aromatic rings. The normalized spacial score (nSPS) is 12.1. The van der Waals surface area contributed by atoms with Gasteiger partial charge < -0.3 is 15.4 Å². The Morgan fingerprint density at radius 2 is 2.10 bits per heavy atom. The molecule has 2 N–H and O–H groups in total. The average molecular weight is 299 g/mol. The molecule has 0 bridgehead atoms. The van der Waals surface area contributed by atoms with Gasteiger partial charge in [0, 0.05) is 11.9 Å². The van der Waals surface area contributed by atoms with Crippen molar-refractivity contribution in [2.45, 2.75) is 33.7 Å². The maximum atomic E-state index is 11.8. The minimum Gasteiger partial charge on any atom is -0.461 e. The predicted molar refractivity (Wildman–Crippen MR) is 79.0 cm³/mol. The van der Waals surface area contributed by atoms with E-state index in [4.69, 9.17) is 4.74 Å². The van der Waals surface area contributed by atoms with E-state index in [0.29, 0.717) is 24.2 Å². The second kappa shape index (κ2) is 7.84. The highest BCUT2D eigenvalue weighted by molar-refractivity contribution is 7.13. The number of aromatic nitrogens is 1. The van der Waals surface area contributed by atoms with Crippen molar-refractivity contribution in [1.29, 1.82) is 0 Å². The van der Waals surface area contributed by atoms with Crippen LogP contribution in [0, 0.1) is 5.92 Å². The lowest BCUT2D eigenvalue weighted by molar-refractivity contribution is -0.121. The fourth-order valence-electron chi connectivity index (χ4n) is 1.35. The number of rotatable bonds is 7. The molecule has 1 unspecified atom stereocenters. The molecule has 0 spiro atoms. The Labute approximate surface area is 122 Å². The number of carbonyl (C=O) groups is 2. The van der Waals surface area contributed by atoms with Crippen LogP contribution in [0.3, 0.4) is 0 Å². The summed E-state index contributed by atoms with van der Waals surface area (Å²) in [5.41, 5.74) is 0.258. The second-order valence-electron chi connectivity index (χ2n) is 4.76. The fraction of sp³-hybridized carbons (Fsp3) is 0.615. The quantitative estimate of drug-likeness (QED) is 0.752. The number of hydrogen-bond acceptors (Lipinski definition) is 6. The Morgan fingerprint density at radius 3 is 2.70 bits per heavy atom. The molecule has 1 heterocycles. The first-order valence-corrected chi connectivity index (χ1v) is 7.48. The van der Waals surface area contributed by atoms with Gasteiger partial charge in [-0.3, -0.25) is 4.79 Å². The Kier molecular flexibility index (Phi) is 6.44. The molecular formula is C13H21N3O3S. The van der Waals surface area contributed by atoms with Crippen molar-refractivity contribution in [2.24, 2.45) is 5.92 Å². The summed E-state index contributed by atoms with van der Waals surface area (Å²) in [5, 5.41) is 7.94. The Balaban J connectivity index is 2.51. The zero-order valence-corrected chi connectivity index (χ0v) is 13.0. The van der Waals surface area contributed by atoms with Gasteiger partial charge in [0.05, 0.1) is 6.61 Å². The van der Waals surface area contributed by atoms with E-state index < -0.39 is 12.0 Å². The SMILES string of the molecule is CCOC(=O)c1csc(NC(C)C(=O)NCC(C)C)n1. The van der Waals surface area contributed by atoms with Crippen molar-refractivity contribution in [3.05, 3.63) is 11.1 Å². The molecule has 20 heavy (non-hydrogen) atoms. The summed E-state index contributed by atoms with van der Waals surface area (Å²) >= 11 is 1.27. The lowest BCUT2D eigenvalue weighted by atomic mass is 10.2. The van der Waals surface area contributed by atoms with Crippen LogP contribution in [0.15, 0.2) is 5.38 Å². The van der Waals surface area contributed by atoms with Gasteiger partial charge in [-0.15, -0.1) is 11.3 Å². The van der Waals surface area contributed by atoms with Crippen molar-refractivity contribution >= 4 is 28.3 Å². The molecule has 7 heteroatoms. The van der Waals surface area contributed by atoms with Gasteiger partial charge in [0.2, 0.25) is 5.91 Å². The molecule has 1 rings (SSSR count). The molecule has 0 aliphatic rings. The van der Waals surface area contributed by atoms with Crippen molar-refractivity contribution in [3.63, 3.8) is 0 Å². The van der Waals surface area contributed by atoms with Crippen LogP contribution in [-0.4, -0.2) is 36.1 Å². The standard InChI is InChI=1S/C13H21N3O3S/c1-5-19-12(18)10-7-20-13(16-10)15-9(4)11(17)14-6-8(2)3/h7-9H,5-6H2,1-4H3,(H,14,17)(H,15,16). The van der Waals surface area contributed by atoms with Gasteiger partial charge in [-0.25, -0.2) is 9.78 Å². The fourth-order valence-corrected chi connectivity index (χ4v) is 2.12. The van der Waals surface area contributed by atoms with Gasteiger partial charge in [-0.05, 0) is 19.8 Å². The zero-order chi connectivity index (χ0) is 15.1. The van der Waals surface area contributed by atoms with Crippen LogP contribution in [0.2, 0.25) is 0 Å². The third-order valence-electron chi connectivity index (χ3n) is 2.41. The minimum atomic E-state index is -0.450. The van der Waals surface area contributed by atoms with Crippen LogP contribution in [0.1, 0.15) is 38.2 Å². The molecule has 112 valence electrons. The summed E-state index contributed by atoms with van der Waals surface area (Å²) < 4.78 is 4.86. The smallest absolute Gasteiger partial charge is 0.357 e. The molecular weight excluding hydrogens is 278 g/mol. The maximum Gasteiger partial charge on any atom is 0.357 e. The van der Waals surface area contributed by atoms with Gasteiger partial charge in [0.1, 0.15) is 6.04 Å². The number of amides is 1. The highest BCUT2D eigenvalue weighted by Crippen LogP contribution is 2.17. The lowest BCUT2D eigenvalue weighted by Crippen LogP contribution is -2.39. The molecule has 0 radical (unpaired) electrons. The average Bonchev–Trinajstić information content (AvgIpc) is 2.84. The van der Waals surface area contributed by atoms with Crippen LogP contribution < -0.4 is 10.6 Å². The van der Waals surface area contributed by atoms with Crippen LogP contribution >= 0.6 is 11.3 Å². The summed E-state index contributed by atoms with van der Waals surface area (Å²) in [7, 11) is 0. The van der Waals surface area contributed by atoms with Gasteiger partial charge >= 0.3 is 5.97 Å². The van der Waals surface area contributed by atoms with E-state index in [1.165, 1.54) is 11.3 Å². The van der Waals surface area contributed by atoms with E-state index in [9.17, 15) is 9.59 Å². The molecule has 1 amide bonds. The minimum absolute atomic E-state index is 0.0911.